The molecule has 108 valence electrons. The minimum Gasteiger partial charge on any atom is -0.399 e. The van der Waals surface area contributed by atoms with Gasteiger partial charge in [0.25, 0.3) is 0 Å². The summed E-state index contributed by atoms with van der Waals surface area (Å²) < 4.78 is 48.2. The molecular weight excluding hydrogens is 261 g/mol. The Morgan fingerprint density at radius 2 is 1.95 bits per heavy atom. The molecule has 4 nitrogen and oxygen atoms in total. The molecule has 1 aromatic rings. The summed E-state index contributed by atoms with van der Waals surface area (Å²) in [6, 6.07) is 3.64. The van der Waals surface area contributed by atoms with E-state index in [4.69, 9.17) is 15.2 Å². The van der Waals surface area contributed by atoms with Crippen molar-refractivity contribution in [1.82, 2.24) is 0 Å². The molecule has 0 saturated heterocycles. The molecule has 19 heavy (non-hydrogen) atoms. The van der Waals surface area contributed by atoms with Crippen LogP contribution in [0.5, 0.6) is 0 Å². The van der Waals surface area contributed by atoms with Gasteiger partial charge < -0.3 is 20.5 Å². The summed E-state index contributed by atoms with van der Waals surface area (Å²) in [5.74, 6) is 0. The van der Waals surface area contributed by atoms with Gasteiger partial charge in [0.2, 0.25) is 0 Å². The number of anilines is 2. The Labute approximate surface area is 109 Å². The van der Waals surface area contributed by atoms with Gasteiger partial charge in [-0.3, -0.25) is 0 Å². The lowest BCUT2D eigenvalue weighted by Crippen LogP contribution is -2.16. The van der Waals surface area contributed by atoms with Gasteiger partial charge in [-0.25, -0.2) is 0 Å². The molecule has 0 fully saturated rings. The third-order valence-electron chi connectivity index (χ3n) is 2.34. The zero-order chi connectivity index (χ0) is 14.3. The SMILES string of the molecule is COCCOCCNc1ccc(N)cc1C(F)(F)F. The van der Waals surface area contributed by atoms with Crippen molar-refractivity contribution in [3.8, 4) is 0 Å². The molecule has 0 aliphatic heterocycles. The van der Waals surface area contributed by atoms with Crippen molar-refractivity contribution in [2.75, 3.05) is 44.5 Å². The van der Waals surface area contributed by atoms with Gasteiger partial charge in [-0.2, -0.15) is 13.2 Å². The first kappa shape index (κ1) is 15.6. The summed E-state index contributed by atoms with van der Waals surface area (Å²) in [6.45, 7) is 1.43. The van der Waals surface area contributed by atoms with Crippen molar-refractivity contribution in [3.63, 3.8) is 0 Å². The van der Waals surface area contributed by atoms with Crippen molar-refractivity contribution >= 4 is 11.4 Å². The number of nitrogens with one attached hydrogen (secondary N) is 1. The summed E-state index contributed by atoms with van der Waals surface area (Å²) in [4.78, 5) is 0. The molecule has 0 aromatic heterocycles. The van der Waals surface area contributed by atoms with E-state index in [2.05, 4.69) is 5.32 Å². The van der Waals surface area contributed by atoms with Crippen LogP contribution in [0.3, 0.4) is 0 Å². The van der Waals surface area contributed by atoms with Crippen LogP contribution >= 0.6 is 0 Å². The van der Waals surface area contributed by atoms with E-state index in [1.54, 1.807) is 7.11 Å². The summed E-state index contributed by atoms with van der Waals surface area (Å²) in [6.07, 6.45) is -4.44. The zero-order valence-corrected chi connectivity index (χ0v) is 10.6. The summed E-state index contributed by atoms with van der Waals surface area (Å²) in [5.41, 5.74) is 4.67. The number of hydrogen-bond acceptors (Lipinski definition) is 4. The number of ether oxygens (including phenoxy) is 2. The van der Waals surface area contributed by atoms with Crippen molar-refractivity contribution < 1.29 is 22.6 Å². The number of methoxy groups -OCH3 is 1. The zero-order valence-electron chi connectivity index (χ0n) is 10.6. The molecule has 0 amide bonds. The maximum atomic E-state index is 12.8. The lowest BCUT2D eigenvalue weighted by molar-refractivity contribution is -0.136. The maximum Gasteiger partial charge on any atom is 0.418 e. The Morgan fingerprint density at radius 3 is 2.58 bits per heavy atom. The fourth-order valence-electron chi connectivity index (χ4n) is 1.45. The van der Waals surface area contributed by atoms with E-state index in [-0.39, 0.29) is 17.9 Å². The maximum absolute atomic E-state index is 12.8. The van der Waals surface area contributed by atoms with E-state index in [9.17, 15) is 13.2 Å². The van der Waals surface area contributed by atoms with Crippen LogP contribution in [0.2, 0.25) is 0 Å². The Bertz CT molecular complexity index is 397. The quantitative estimate of drug-likeness (QED) is 0.594. The van der Waals surface area contributed by atoms with Gasteiger partial charge in [0.15, 0.2) is 0 Å². The van der Waals surface area contributed by atoms with Gasteiger partial charge in [0, 0.05) is 25.0 Å². The molecule has 0 spiro atoms. The van der Waals surface area contributed by atoms with Crippen LogP contribution in [0.1, 0.15) is 5.56 Å². The largest absolute Gasteiger partial charge is 0.418 e. The monoisotopic (exact) mass is 278 g/mol. The lowest BCUT2D eigenvalue weighted by atomic mass is 10.1. The Kier molecular flexibility index (Phi) is 5.91. The van der Waals surface area contributed by atoms with Gasteiger partial charge in [-0.15, -0.1) is 0 Å². The highest BCUT2D eigenvalue weighted by molar-refractivity contribution is 5.59. The van der Waals surface area contributed by atoms with Gasteiger partial charge in [0.1, 0.15) is 0 Å². The number of nitrogen functional groups attached to an aromatic ring is 1. The minimum atomic E-state index is -4.44. The highest BCUT2D eigenvalue weighted by Gasteiger charge is 2.33. The van der Waals surface area contributed by atoms with Crippen LogP contribution in [0.4, 0.5) is 24.5 Å². The molecule has 0 aliphatic carbocycles. The van der Waals surface area contributed by atoms with Gasteiger partial charge >= 0.3 is 6.18 Å². The first-order valence-corrected chi connectivity index (χ1v) is 5.72. The molecule has 0 radical (unpaired) electrons. The van der Waals surface area contributed by atoms with Gasteiger partial charge in [-0.05, 0) is 18.2 Å². The van der Waals surface area contributed by atoms with Crippen molar-refractivity contribution in [1.29, 1.82) is 0 Å². The van der Waals surface area contributed by atoms with Crippen LogP contribution in [-0.2, 0) is 15.7 Å². The second kappa shape index (κ2) is 7.20. The fraction of sp³-hybridized carbons (Fsp3) is 0.500. The third kappa shape index (κ3) is 5.35. The standard InChI is InChI=1S/C12H17F3N2O2/c1-18-6-7-19-5-4-17-11-3-2-9(16)8-10(11)12(13,14)15/h2-3,8,17H,4-7,16H2,1H3. The fourth-order valence-corrected chi connectivity index (χ4v) is 1.45. The van der Waals surface area contributed by atoms with Gasteiger partial charge in [0.05, 0.1) is 25.4 Å². The van der Waals surface area contributed by atoms with Crippen molar-refractivity contribution in [3.05, 3.63) is 23.8 Å². The molecule has 0 atom stereocenters. The Morgan fingerprint density at radius 1 is 1.21 bits per heavy atom. The minimum absolute atomic E-state index is 0.00274. The van der Waals surface area contributed by atoms with Crippen molar-refractivity contribution in [2.24, 2.45) is 0 Å². The number of hydrogen-bond donors (Lipinski definition) is 2. The first-order chi connectivity index (χ1) is 8.95. The third-order valence-corrected chi connectivity index (χ3v) is 2.34. The van der Waals surface area contributed by atoms with Crippen LogP contribution in [-0.4, -0.2) is 33.5 Å². The van der Waals surface area contributed by atoms with Crippen molar-refractivity contribution in [2.45, 2.75) is 6.18 Å². The molecule has 1 aromatic carbocycles. The molecule has 0 unspecified atom stereocenters. The molecule has 7 heteroatoms. The molecule has 0 heterocycles. The average Bonchev–Trinajstić information content (AvgIpc) is 2.34. The van der Waals surface area contributed by atoms with Crippen LogP contribution < -0.4 is 11.1 Å². The molecular formula is C12H17F3N2O2. The van der Waals surface area contributed by atoms with Crippen LogP contribution in [0.15, 0.2) is 18.2 Å². The summed E-state index contributed by atoms with van der Waals surface area (Å²) in [7, 11) is 1.55. The average molecular weight is 278 g/mol. The number of rotatable bonds is 7. The summed E-state index contributed by atoms with van der Waals surface area (Å²) >= 11 is 0. The lowest BCUT2D eigenvalue weighted by Gasteiger charge is -2.15. The van der Waals surface area contributed by atoms with Crippen LogP contribution in [0.25, 0.3) is 0 Å². The van der Waals surface area contributed by atoms with E-state index < -0.39 is 11.7 Å². The molecule has 0 saturated carbocycles. The molecule has 0 bridgehead atoms. The van der Waals surface area contributed by atoms with E-state index in [1.165, 1.54) is 12.1 Å². The number of halogens is 3. The second-order valence-electron chi connectivity index (χ2n) is 3.83. The summed E-state index contributed by atoms with van der Waals surface area (Å²) in [5, 5.41) is 2.68. The molecule has 0 aliphatic rings. The highest BCUT2D eigenvalue weighted by atomic mass is 19.4. The Hall–Kier alpha value is -1.47. The second-order valence-corrected chi connectivity index (χ2v) is 3.83. The predicted octanol–water partition coefficient (Wildman–Crippen LogP) is 2.36. The van der Waals surface area contributed by atoms with E-state index >= 15 is 0 Å². The molecule has 3 N–H and O–H groups in total. The normalized spacial score (nSPS) is 11.6. The number of nitrogens with two attached hydrogens (primary N) is 1. The Balaban J connectivity index is 2.54. The van der Waals surface area contributed by atoms with E-state index in [0.717, 1.165) is 6.07 Å². The molecule has 1 rings (SSSR count). The first-order valence-electron chi connectivity index (χ1n) is 5.72. The van der Waals surface area contributed by atoms with E-state index in [0.29, 0.717) is 19.8 Å². The number of alkyl halides is 3. The topological polar surface area (TPSA) is 56.5 Å². The number of benzene rings is 1. The van der Waals surface area contributed by atoms with E-state index in [1.807, 2.05) is 0 Å². The highest BCUT2D eigenvalue weighted by Crippen LogP contribution is 2.35. The van der Waals surface area contributed by atoms with Gasteiger partial charge in [-0.1, -0.05) is 0 Å². The van der Waals surface area contributed by atoms with Crippen LogP contribution in [0, 0.1) is 0 Å². The smallest absolute Gasteiger partial charge is 0.399 e. The predicted molar refractivity (Wildman–Crippen MR) is 67.0 cm³/mol.